The van der Waals surface area contributed by atoms with Crippen molar-refractivity contribution in [1.82, 2.24) is 15.5 Å². The van der Waals surface area contributed by atoms with Crippen molar-refractivity contribution in [1.29, 1.82) is 0 Å². The Hall–Kier alpha value is -3.36. The average Bonchev–Trinajstić information content (AvgIpc) is 2.75. The number of carbonyl (C=O) groups excluding carboxylic acids is 4. The molecule has 0 aliphatic heterocycles. The molecular weight excluding hydrogens is 460 g/mol. The lowest BCUT2D eigenvalue weighted by Crippen LogP contribution is -2.53. The van der Waals surface area contributed by atoms with Gasteiger partial charge in [0.05, 0.1) is 0 Å². The molecule has 36 heavy (non-hydrogen) atoms. The summed E-state index contributed by atoms with van der Waals surface area (Å²) in [6.45, 7) is 14.8. The fourth-order valence-corrected chi connectivity index (χ4v) is 3.70. The monoisotopic (exact) mass is 502 g/mol. The van der Waals surface area contributed by atoms with Crippen LogP contribution < -0.4 is 16.4 Å². The van der Waals surface area contributed by atoms with Gasteiger partial charge in [-0.05, 0) is 53.0 Å². The summed E-state index contributed by atoms with van der Waals surface area (Å²) in [4.78, 5) is 52.7. The number of hydrogen-bond donors (Lipinski definition) is 3. The summed E-state index contributed by atoms with van der Waals surface area (Å²) in [5.41, 5.74) is 6.15. The van der Waals surface area contributed by atoms with Crippen molar-refractivity contribution in [3.8, 4) is 0 Å². The molecular formula is C27H42N4O5. The molecule has 1 rings (SSSR count). The zero-order valence-electron chi connectivity index (χ0n) is 22.4. The number of rotatable bonds is 13. The predicted octanol–water partition coefficient (Wildman–Crippen LogP) is 3.51. The van der Waals surface area contributed by atoms with Crippen molar-refractivity contribution in [3.63, 3.8) is 0 Å². The average molecular weight is 503 g/mol. The molecule has 0 spiro atoms. The lowest BCUT2D eigenvalue weighted by atomic mass is 10.00. The second-order valence-electron chi connectivity index (χ2n) is 9.99. The summed E-state index contributed by atoms with van der Waals surface area (Å²) in [6, 6.07) is 5.12. The van der Waals surface area contributed by atoms with E-state index in [-0.39, 0.29) is 31.3 Å². The maximum atomic E-state index is 13.8. The summed E-state index contributed by atoms with van der Waals surface area (Å²) in [5, 5.41) is 5.55. The molecule has 0 aromatic heterocycles. The van der Waals surface area contributed by atoms with Crippen LogP contribution >= 0.6 is 0 Å². The van der Waals surface area contributed by atoms with E-state index in [1.165, 1.54) is 11.0 Å². The number of hydrogen-bond acceptors (Lipinski definition) is 5. The van der Waals surface area contributed by atoms with Gasteiger partial charge >= 0.3 is 6.09 Å². The molecule has 0 saturated heterocycles. The molecule has 0 bridgehead atoms. The van der Waals surface area contributed by atoms with Crippen LogP contribution in [0.1, 0.15) is 77.5 Å². The molecule has 9 nitrogen and oxygen atoms in total. The molecule has 9 heteroatoms. The van der Waals surface area contributed by atoms with E-state index in [1.807, 2.05) is 32.9 Å². The first-order valence-electron chi connectivity index (χ1n) is 12.3. The van der Waals surface area contributed by atoms with Crippen LogP contribution in [-0.2, 0) is 19.1 Å². The van der Waals surface area contributed by atoms with Crippen LogP contribution in [0.2, 0.25) is 0 Å². The van der Waals surface area contributed by atoms with E-state index >= 15 is 0 Å². The number of aryl methyl sites for hydroxylation is 1. The Morgan fingerprint density at radius 3 is 2.22 bits per heavy atom. The number of carbonyl (C=O) groups is 4. The lowest BCUT2D eigenvalue weighted by Gasteiger charge is -2.34. The third-order valence-electron chi connectivity index (χ3n) is 5.34. The Balaban J connectivity index is 3.43. The Morgan fingerprint density at radius 1 is 1.11 bits per heavy atom. The van der Waals surface area contributed by atoms with E-state index in [1.54, 1.807) is 32.9 Å². The van der Waals surface area contributed by atoms with Gasteiger partial charge in [0.2, 0.25) is 17.7 Å². The van der Waals surface area contributed by atoms with Gasteiger partial charge in [-0.1, -0.05) is 49.2 Å². The molecule has 1 aromatic rings. The normalized spacial score (nSPS) is 13.6. The van der Waals surface area contributed by atoms with E-state index < -0.39 is 35.6 Å². The van der Waals surface area contributed by atoms with Crippen LogP contribution in [0.15, 0.2) is 36.9 Å². The van der Waals surface area contributed by atoms with Crippen LogP contribution in [0.4, 0.5) is 4.79 Å². The number of nitrogens with two attached hydrogens (primary N) is 1. The molecule has 0 aliphatic rings. The van der Waals surface area contributed by atoms with Crippen LogP contribution in [0.5, 0.6) is 0 Å². The molecule has 0 fully saturated rings. The van der Waals surface area contributed by atoms with Gasteiger partial charge in [-0.25, -0.2) is 4.79 Å². The second-order valence-corrected chi connectivity index (χ2v) is 9.99. The maximum absolute atomic E-state index is 13.8. The number of amides is 4. The minimum absolute atomic E-state index is 0.0377. The molecule has 0 aliphatic carbocycles. The summed E-state index contributed by atoms with van der Waals surface area (Å²) < 4.78 is 5.31. The van der Waals surface area contributed by atoms with Crippen molar-refractivity contribution < 1.29 is 23.9 Å². The Morgan fingerprint density at radius 2 is 1.72 bits per heavy atom. The van der Waals surface area contributed by atoms with E-state index in [2.05, 4.69) is 17.2 Å². The van der Waals surface area contributed by atoms with Crippen LogP contribution in [0.25, 0.3) is 0 Å². The summed E-state index contributed by atoms with van der Waals surface area (Å²) in [6.07, 6.45) is 2.19. The van der Waals surface area contributed by atoms with Crippen molar-refractivity contribution >= 4 is 23.8 Å². The first-order chi connectivity index (χ1) is 16.8. The van der Waals surface area contributed by atoms with E-state index in [9.17, 15) is 19.2 Å². The van der Waals surface area contributed by atoms with E-state index in [0.29, 0.717) is 5.56 Å². The quantitative estimate of drug-likeness (QED) is 0.355. The van der Waals surface area contributed by atoms with Crippen molar-refractivity contribution in [2.75, 3.05) is 6.54 Å². The molecule has 4 amide bonds. The SMILES string of the molecule is C=CCN(C(=O)C(CCC(N)=O)NC(=O)OC(C)(C)C)C(C(=O)NC(C)CCC)c1ccc(C)cc1. The molecule has 4 N–H and O–H groups in total. The molecule has 200 valence electrons. The molecule has 1 aromatic carbocycles. The predicted molar refractivity (Wildman–Crippen MR) is 140 cm³/mol. The second kappa shape index (κ2) is 14.3. The Labute approximate surface area is 214 Å². The number of nitrogens with zero attached hydrogens (tertiary/aromatic N) is 1. The van der Waals surface area contributed by atoms with Crippen LogP contribution in [0, 0.1) is 6.92 Å². The standard InChI is InChI=1S/C27H42N4O5/c1-8-10-19(4)29-24(33)23(20-13-11-18(3)12-14-20)31(17-9-2)25(34)21(15-16-22(28)32)30-26(35)36-27(5,6)7/h9,11-14,19,21,23H,2,8,10,15-17H2,1,3-7H3,(H2,28,32)(H,29,33)(H,30,35). The smallest absolute Gasteiger partial charge is 0.408 e. The summed E-state index contributed by atoms with van der Waals surface area (Å²) >= 11 is 0. The number of nitrogens with one attached hydrogen (secondary N) is 2. The van der Waals surface area contributed by atoms with Crippen LogP contribution in [-0.4, -0.2) is 52.9 Å². The van der Waals surface area contributed by atoms with Gasteiger partial charge in [0, 0.05) is 19.0 Å². The fourth-order valence-electron chi connectivity index (χ4n) is 3.70. The third kappa shape index (κ3) is 10.5. The zero-order valence-corrected chi connectivity index (χ0v) is 22.4. The van der Waals surface area contributed by atoms with Gasteiger partial charge in [0.15, 0.2) is 0 Å². The molecule has 0 radical (unpaired) electrons. The first-order valence-corrected chi connectivity index (χ1v) is 12.3. The Kier molecular flexibility index (Phi) is 12.1. The van der Waals surface area contributed by atoms with Gasteiger partial charge in [0.1, 0.15) is 17.7 Å². The largest absolute Gasteiger partial charge is 0.444 e. The number of alkyl carbamates (subject to hydrolysis) is 1. The fraction of sp³-hybridized carbons (Fsp3) is 0.556. The Bertz CT molecular complexity index is 908. The highest BCUT2D eigenvalue weighted by molar-refractivity contribution is 5.92. The highest BCUT2D eigenvalue weighted by atomic mass is 16.6. The summed E-state index contributed by atoms with van der Waals surface area (Å²) in [7, 11) is 0. The van der Waals surface area contributed by atoms with Gasteiger partial charge in [-0.2, -0.15) is 0 Å². The minimum atomic E-state index is -1.14. The van der Waals surface area contributed by atoms with Crippen molar-refractivity contribution in [2.24, 2.45) is 5.73 Å². The van der Waals surface area contributed by atoms with Gasteiger partial charge in [-0.15, -0.1) is 6.58 Å². The van der Waals surface area contributed by atoms with Crippen LogP contribution in [0.3, 0.4) is 0 Å². The number of ether oxygens (including phenoxy) is 1. The molecule has 3 atom stereocenters. The van der Waals surface area contributed by atoms with Gasteiger partial charge < -0.3 is 26.0 Å². The molecule has 0 saturated carbocycles. The highest BCUT2D eigenvalue weighted by Gasteiger charge is 2.36. The van der Waals surface area contributed by atoms with Gasteiger partial charge in [-0.3, -0.25) is 14.4 Å². The van der Waals surface area contributed by atoms with E-state index in [0.717, 1.165) is 18.4 Å². The van der Waals surface area contributed by atoms with Crippen molar-refractivity contribution in [2.45, 2.75) is 91.0 Å². The number of primary amides is 1. The van der Waals surface area contributed by atoms with E-state index in [4.69, 9.17) is 10.5 Å². The number of benzene rings is 1. The van der Waals surface area contributed by atoms with Crippen molar-refractivity contribution in [3.05, 3.63) is 48.0 Å². The molecule has 0 heterocycles. The first kappa shape index (κ1) is 30.7. The highest BCUT2D eigenvalue weighted by Crippen LogP contribution is 2.24. The maximum Gasteiger partial charge on any atom is 0.408 e. The zero-order chi connectivity index (χ0) is 27.5. The third-order valence-corrected chi connectivity index (χ3v) is 5.34. The minimum Gasteiger partial charge on any atom is -0.444 e. The topological polar surface area (TPSA) is 131 Å². The van der Waals surface area contributed by atoms with Gasteiger partial charge in [0.25, 0.3) is 0 Å². The summed E-state index contributed by atoms with van der Waals surface area (Å²) in [5.74, 6) is -1.51. The molecule has 3 unspecified atom stereocenters. The lowest BCUT2D eigenvalue weighted by molar-refractivity contribution is -0.142.